The zero-order valence-electron chi connectivity index (χ0n) is 16.7. The molecule has 0 bridgehead atoms. The molecule has 3 heterocycles. The fourth-order valence-corrected chi connectivity index (χ4v) is 6.69. The number of phenols is 1. The molecule has 1 fully saturated rings. The van der Waals surface area contributed by atoms with Crippen LogP contribution in [0.5, 0.6) is 5.75 Å². The van der Waals surface area contributed by atoms with E-state index < -0.39 is 35.2 Å². The lowest BCUT2D eigenvalue weighted by atomic mass is 10.0. The van der Waals surface area contributed by atoms with Crippen molar-refractivity contribution in [1.29, 1.82) is 0 Å². The molecule has 168 valence electrons. The summed E-state index contributed by atoms with van der Waals surface area (Å²) in [5.41, 5.74) is 6.94. The monoisotopic (exact) mass is 493 g/mol. The van der Waals surface area contributed by atoms with E-state index in [0.717, 1.165) is 9.35 Å². The van der Waals surface area contributed by atoms with E-state index in [1.807, 2.05) is 6.92 Å². The molecular formula is C19H19N5O5S3. The molecule has 4 rings (SSSR count). The number of benzene rings is 1. The van der Waals surface area contributed by atoms with Gasteiger partial charge in [0.2, 0.25) is 5.91 Å². The molecule has 1 aromatic carbocycles. The molecule has 0 spiro atoms. The third-order valence-corrected chi connectivity index (χ3v) is 8.33. The van der Waals surface area contributed by atoms with E-state index in [-0.39, 0.29) is 11.4 Å². The Kier molecular flexibility index (Phi) is 6.42. The second kappa shape index (κ2) is 9.10. The number of nitrogens with one attached hydrogen (secondary N) is 1. The zero-order valence-corrected chi connectivity index (χ0v) is 19.2. The molecule has 0 aliphatic carbocycles. The van der Waals surface area contributed by atoms with Gasteiger partial charge in [-0.1, -0.05) is 35.2 Å². The number of aryl methyl sites for hydroxylation is 1. The Morgan fingerprint density at radius 2 is 2.19 bits per heavy atom. The predicted octanol–water partition coefficient (Wildman–Crippen LogP) is 1.08. The third-order valence-electron chi connectivity index (χ3n) is 4.94. The van der Waals surface area contributed by atoms with E-state index in [0.29, 0.717) is 22.6 Å². The minimum absolute atomic E-state index is 0.0233. The first-order valence-electron chi connectivity index (χ1n) is 9.44. The van der Waals surface area contributed by atoms with Crippen LogP contribution in [0.3, 0.4) is 0 Å². The maximum Gasteiger partial charge on any atom is 0.352 e. The zero-order chi connectivity index (χ0) is 23.0. The number of phenolic OH excluding ortho intramolecular Hbond substituents is 1. The molecule has 13 heteroatoms. The summed E-state index contributed by atoms with van der Waals surface area (Å²) in [6.45, 7) is 1.84. The van der Waals surface area contributed by atoms with Gasteiger partial charge >= 0.3 is 5.97 Å². The fourth-order valence-electron chi connectivity index (χ4n) is 3.39. The molecule has 2 aliphatic rings. The van der Waals surface area contributed by atoms with E-state index >= 15 is 0 Å². The summed E-state index contributed by atoms with van der Waals surface area (Å²) in [6, 6.07) is 4.06. The number of nitrogens with zero attached hydrogens (tertiary/aromatic N) is 3. The molecule has 32 heavy (non-hydrogen) atoms. The highest BCUT2D eigenvalue weighted by molar-refractivity contribution is 8.01. The van der Waals surface area contributed by atoms with Crippen molar-refractivity contribution in [2.24, 2.45) is 5.73 Å². The topological polar surface area (TPSA) is 159 Å². The van der Waals surface area contributed by atoms with Crippen molar-refractivity contribution in [3.05, 3.63) is 46.1 Å². The molecule has 2 unspecified atom stereocenters. The lowest BCUT2D eigenvalue weighted by molar-refractivity contribution is -0.150. The van der Waals surface area contributed by atoms with Crippen molar-refractivity contribution in [3.63, 3.8) is 0 Å². The van der Waals surface area contributed by atoms with E-state index in [1.165, 1.54) is 51.9 Å². The summed E-state index contributed by atoms with van der Waals surface area (Å²) < 4.78 is 0.730. The van der Waals surface area contributed by atoms with E-state index in [9.17, 15) is 24.6 Å². The fraction of sp³-hybridized carbons (Fsp3) is 0.316. The summed E-state index contributed by atoms with van der Waals surface area (Å²) in [6.07, 6.45) is 0. The quantitative estimate of drug-likeness (QED) is 0.325. The minimum atomic E-state index is -1.19. The van der Waals surface area contributed by atoms with Gasteiger partial charge in [-0.2, -0.15) is 0 Å². The van der Waals surface area contributed by atoms with Gasteiger partial charge in [-0.05, 0) is 30.2 Å². The number of aromatic hydroxyl groups is 1. The van der Waals surface area contributed by atoms with Crippen molar-refractivity contribution in [2.45, 2.75) is 28.7 Å². The lowest BCUT2D eigenvalue weighted by Crippen LogP contribution is -2.71. The summed E-state index contributed by atoms with van der Waals surface area (Å²) in [5, 5.41) is 30.2. The van der Waals surface area contributed by atoms with Crippen LogP contribution in [0.25, 0.3) is 0 Å². The number of carbonyl (C=O) groups is 3. The summed E-state index contributed by atoms with van der Waals surface area (Å²) in [7, 11) is 0. The standard InChI is InChI=1S/C19H19N5O5S3/c1-8-22-23-19(32-8)31-7-10-6-30-17-13(16(27)24(17)14(10)18(28)29)21-15(26)12(20)9-3-2-4-11(25)5-9/h2-5,12-13,17,25H,6-7,20H2,1H3,(H,21,26)(H,28,29)/t12?,13?,17-/m0/s1. The Bertz CT molecular complexity index is 1120. The Morgan fingerprint density at radius 1 is 1.41 bits per heavy atom. The normalized spacial score (nSPS) is 21.1. The molecule has 2 amide bonds. The number of hydrogen-bond acceptors (Lipinski definition) is 10. The average Bonchev–Trinajstić information content (AvgIpc) is 3.19. The van der Waals surface area contributed by atoms with Gasteiger partial charge in [-0.15, -0.1) is 22.0 Å². The number of carboxylic acids is 1. The number of aromatic nitrogens is 2. The molecule has 1 saturated heterocycles. The van der Waals surface area contributed by atoms with Gasteiger partial charge in [0.25, 0.3) is 5.91 Å². The van der Waals surface area contributed by atoms with Crippen LogP contribution in [-0.2, 0) is 14.4 Å². The number of thioether (sulfide) groups is 2. The first kappa shape index (κ1) is 22.6. The Morgan fingerprint density at radius 3 is 2.84 bits per heavy atom. The van der Waals surface area contributed by atoms with Crippen LogP contribution in [0.2, 0.25) is 0 Å². The third kappa shape index (κ3) is 4.33. The summed E-state index contributed by atoms with van der Waals surface area (Å²) >= 11 is 4.19. The second-order valence-corrected chi connectivity index (χ2v) is 10.6. The Hall–Kier alpha value is -2.61. The Balaban J connectivity index is 1.45. The SMILES string of the molecule is Cc1nnc(SCC2=C(C(=O)O)N3C(=O)C(NC(=O)C(N)c4cccc(O)c4)[C@@H]3SC2)s1. The van der Waals surface area contributed by atoms with Gasteiger partial charge in [-0.3, -0.25) is 14.5 Å². The van der Waals surface area contributed by atoms with Gasteiger partial charge in [0.15, 0.2) is 4.34 Å². The van der Waals surface area contributed by atoms with Crippen molar-refractivity contribution >= 4 is 52.6 Å². The first-order chi connectivity index (χ1) is 15.3. The van der Waals surface area contributed by atoms with Crippen LogP contribution >= 0.6 is 34.9 Å². The molecular weight excluding hydrogens is 474 g/mol. The van der Waals surface area contributed by atoms with Gasteiger partial charge in [0.1, 0.15) is 33.9 Å². The highest BCUT2D eigenvalue weighted by atomic mass is 32.2. The largest absolute Gasteiger partial charge is 0.508 e. The number of carboxylic acid groups (broad SMARTS) is 1. The van der Waals surface area contributed by atoms with Crippen LogP contribution in [0.15, 0.2) is 39.9 Å². The van der Waals surface area contributed by atoms with Gasteiger partial charge < -0.3 is 21.3 Å². The molecule has 10 nitrogen and oxygen atoms in total. The van der Waals surface area contributed by atoms with Gasteiger partial charge in [-0.25, -0.2) is 4.79 Å². The number of hydrogen-bond donors (Lipinski definition) is 4. The lowest BCUT2D eigenvalue weighted by Gasteiger charge is -2.49. The number of rotatable bonds is 7. The average molecular weight is 494 g/mol. The first-order valence-corrected chi connectivity index (χ1v) is 12.3. The number of fused-ring (bicyclic) bond motifs is 1. The maximum absolute atomic E-state index is 12.8. The summed E-state index contributed by atoms with van der Waals surface area (Å²) in [5.74, 6) is -1.50. The number of aliphatic carboxylic acids is 1. The summed E-state index contributed by atoms with van der Waals surface area (Å²) in [4.78, 5) is 38.5. The van der Waals surface area contributed by atoms with Gasteiger partial charge in [0.05, 0.1) is 0 Å². The van der Waals surface area contributed by atoms with Crippen LogP contribution in [-0.4, -0.2) is 66.0 Å². The van der Waals surface area contributed by atoms with E-state index in [4.69, 9.17) is 5.73 Å². The number of amides is 2. The molecule has 1 aromatic heterocycles. The van der Waals surface area contributed by atoms with Crippen molar-refractivity contribution < 1.29 is 24.6 Å². The molecule has 2 aromatic rings. The van der Waals surface area contributed by atoms with E-state index in [1.54, 1.807) is 12.1 Å². The number of nitrogens with two attached hydrogens (primary N) is 1. The maximum atomic E-state index is 12.8. The smallest absolute Gasteiger partial charge is 0.352 e. The highest BCUT2D eigenvalue weighted by Gasteiger charge is 2.54. The van der Waals surface area contributed by atoms with Crippen molar-refractivity contribution in [3.8, 4) is 5.75 Å². The van der Waals surface area contributed by atoms with Gasteiger partial charge in [0, 0.05) is 11.5 Å². The van der Waals surface area contributed by atoms with Crippen LogP contribution < -0.4 is 11.1 Å². The van der Waals surface area contributed by atoms with E-state index in [2.05, 4.69) is 15.5 Å². The molecule has 2 aliphatic heterocycles. The predicted molar refractivity (Wildman–Crippen MR) is 120 cm³/mol. The molecule has 0 radical (unpaired) electrons. The number of carbonyl (C=O) groups excluding carboxylic acids is 2. The number of β-lactam (4-membered cyclic amide) rings is 1. The Labute approximate surface area is 195 Å². The second-order valence-electron chi connectivity index (χ2n) is 7.10. The van der Waals surface area contributed by atoms with Crippen molar-refractivity contribution in [1.82, 2.24) is 20.4 Å². The van der Waals surface area contributed by atoms with Crippen LogP contribution in [0.4, 0.5) is 0 Å². The van der Waals surface area contributed by atoms with Crippen LogP contribution in [0.1, 0.15) is 16.6 Å². The molecule has 5 N–H and O–H groups in total. The molecule has 0 saturated carbocycles. The highest BCUT2D eigenvalue weighted by Crippen LogP contribution is 2.42. The van der Waals surface area contributed by atoms with Crippen LogP contribution in [0, 0.1) is 6.92 Å². The van der Waals surface area contributed by atoms with Crippen molar-refractivity contribution in [2.75, 3.05) is 11.5 Å². The molecule has 3 atom stereocenters. The minimum Gasteiger partial charge on any atom is -0.508 e.